The molecule has 0 aromatic heterocycles. The maximum absolute atomic E-state index is 8.62. The van der Waals surface area contributed by atoms with E-state index in [9.17, 15) is 0 Å². The van der Waals surface area contributed by atoms with Crippen molar-refractivity contribution in [2.24, 2.45) is 0 Å². The van der Waals surface area contributed by atoms with Crippen molar-refractivity contribution in [3.05, 3.63) is 69.8 Å². The molecule has 28 heavy (non-hydrogen) atoms. The van der Waals surface area contributed by atoms with E-state index < -0.39 is 0 Å². The highest BCUT2D eigenvalue weighted by molar-refractivity contribution is 6.10. The summed E-state index contributed by atoms with van der Waals surface area (Å²) in [5, 5.41) is 8.62. The van der Waals surface area contributed by atoms with Crippen LogP contribution in [0, 0.1) is 5.41 Å². The van der Waals surface area contributed by atoms with Crippen LogP contribution in [-0.2, 0) is 5.41 Å². The normalized spacial score (nSPS) is 15.6. The Morgan fingerprint density at radius 2 is 1.50 bits per heavy atom. The van der Waals surface area contributed by atoms with E-state index in [1.807, 2.05) is 0 Å². The van der Waals surface area contributed by atoms with Gasteiger partial charge in [-0.2, -0.15) is 0 Å². The molecule has 2 rings (SSSR count). The number of nitrogens with one attached hydrogen (secondary N) is 1. The number of benzene rings is 1. The Morgan fingerprint density at radius 3 is 2.00 bits per heavy atom. The highest BCUT2D eigenvalue weighted by Crippen LogP contribution is 2.27. The molecule has 1 heteroatoms. The molecule has 0 radical (unpaired) electrons. The fourth-order valence-electron chi connectivity index (χ4n) is 3.65. The molecule has 1 aromatic carbocycles. The molecule has 1 nitrogen and oxygen atoms in total. The van der Waals surface area contributed by atoms with Crippen molar-refractivity contribution in [2.45, 2.75) is 91.9 Å². The van der Waals surface area contributed by atoms with Crippen LogP contribution < -0.4 is 0 Å². The van der Waals surface area contributed by atoms with Crippen LogP contribution in [0.15, 0.2) is 58.7 Å². The number of hydrogen-bond donors (Lipinski definition) is 1. The van der Waals surface area contributed by atoms with Crippen LogP contribution in [0.25, 0.3) is 0 Å². The van der Waals surface area contributed by atoms with Crippen molar-refractivity contribution in [1.29, 1.82) is 5.41 Å². The first-order valence-electron chi connectivity index (χ1n) is 11.0. The number of unbranched alkanes of at least 4 members (excludes halogenated alkanes) is 1. The van der Waals surface area contributed by atoms with Gasteiger partial charge in [-0.3, -0.25) is 0 Å². The van der Waals surface area contributed by atoms with E-state index >= 15 is 0 Å². The van der Waals surface area contributed by atoms with Crippen LogP contribution in [-0.4, -0.2) is 5.71 Å². The summed E-state index contributed by atoms with van der Waals surface area (Å²) in [6, 6.07) is 8.54. The summed E-state index contributed by atoms with van der Waals surface area (Å²) < 4.78 is 0. The Kier molecular flexibility index (Phi) is 8.04. The summed E-state index contributed by atoms with van der Waals surface area (Å²) in [6.07, 6.45) is 13.2. The van der Waals surface area contributed by atoms with E-state index in [0.717, 1.165) is 24.0 Å². The van der Waals surface area contributed by atoms with Crippen molar-refractivity contribution >= 4 is 5.71 Å². The van der Waals surface area contributed by atoms with E-state index in [-0.39, 0.29) is 5.41 Å². The van der Waals surface area contributed by atoms with E-state index in [2.05, 4.69) is 78.0 Å². The molecule has 1 aromatic rings. The van der Waals surface area contributed by atoms with Crippen molar-refractivity contribution in [3.63, 3.8) is 0 Å². The van der Waals surface area contributed by atoms with Gasteiger partial charge in [0.2, 0.25) is 0 Å². The summed E-state index contributed by atoms with van der Waals surface area (Å²) in [5.41, 5.74) is 8.80. The lowest BCUT2D eigenvalue weighted by molar-refractivity contribution is 0.590. The monoisotopic (exact) mass is 377 g/mol. The topological polar surface area (TPSA) is 23.9 Å². The van der Waals surface area contributed by atoms with Gasteiger partial charge >= 0.3 is 0 Å². The smallest absolute Gasteiger partial charge is 0.0640 e. The van der Waals surface area contributed by atoms with Crippen LogP contribution in [0.4, 0.5) is 0 Å². The molecular formula is C27H39N. The van der Waals surface area contributed by atoms with E-state index in [1.54, 1.807) is 11.1 Å². The van der Waals surface area contributed by atoms with Gasteiger partial charge in [0.15, 0.2) is 0 Å². The molecule has 0 spiro atoms. The maximum atomic E-state index is 8.62. The van der Waals surface area contributed by atoms with E-state index in [4.69, 9.17) is 5.41 Å². The first kappa shape index (κ1) is 22.4. The lowest BCUT2D eigenvalue weighted by Crippen LogP contribution is -2.11. The van der Waals surface area contributed by atoms with Crippen LogP contribution in [0.3, 0.4) is 0 Å². The fraction of sp³-hybridized carbons (Fsp3) is 0.519. The highest BCUT2D eigenvalue weighted by Gasteiger charge is 2.14. The molecule has 1 aliphatic rings. The van der Waals surface area contributed by atoms with Gasteiger partial charge < -0.3 is 5.41 Å². The summed E-state index contributed by atoms with van der Waals surface area (Å²) >= 11 is 0. The predicted molar refractivity (Wildman–Crippen MR) is 125 cm³/mol. The SMILES string of the molecule is CCCCC1=CC=C(CC/C(C)=C(\C)C(=N)c2ccc(C(C)(C)C)cc2)CC1. The summed E-state index contributed by atoms with van der Waals surface area (Å²) in [7, 11) is 0. The minimum atomic E-state index is 0.153. The van der Waals surface area contributed by atoms with Crippen LogP contribution in [0.1, 0.15) is 97.6 Å². The summed E-state index contributed by atoms with van der Waals surface area (Å²) in [5.74, 6) is 0. The van der Waals surface area contributed by atoms with Crippen LogP contribution >= 0.6 is 0 Å². The molecule has 0 atom stereocenters. The molecule has 0 amide bonds. The first-order valence-corrected chi connectivity index (χ1v) is 11.0. The van der Waals surface area contributed by atoms with Crippen LogP contribution in [0.2, 0.25) is 0 Å². The molecule has 0 aliphatic heterocycles. The molecule has 1 aliphatic carbocycles. The summed E-state index contributed by atoms with van der Waals surface area (Å²) in [4.78, 5) is 0. The lowest BCUT2D eigenvalue weighted by atomic mass is 9.86. The Bertz CT molecular complexity index is 763. The number of allylic oxidation sites excluding steroid dienone is 6. The van der Waals surface area contributed by atoms with Crippen molar-refractivity contribution in [1.82, 2.24) is 0 Å². The van der Waals surface area contributed by atoms with Gasteiger partial charge in [0, 0.05) is 0 Å². The molecule has 0 bridgehead atoms. The molecular weight excluding hydrogens is 338 g/mol. The molecule has 0 saturated heterocycles. The Balaban J connectivity index is 1.98. The third-order valence-electron chi connectivity index (χ3n) is 6.05. The van der Waals surface area contributed by atoms with Crippen LogP contribution in [0.5, 0.6) is 0 Å². The second-order valence-electron chi connectivity index (χ2n) is 9.36. The Labute approximate surface area is 173 Å². The van der Waals surface area contributed by atoms with Gasteiger partial charge in [0.1, 0.15) is 0 Å². The highest BCUT2D eigenvalue weighted by atomic mass is 14.4. The quantitative estimate of drug-likeness (QED) is 0.440. The summed E-state index contributed by atoms with van der Waals surface area (Å²) in [6.45, 7) is 13.2. The lowest BCUT2D eigenvalue weighted by Gasteiger charge is -2.19. The minimum absolute atomic E-state index is 0.153. The molecule has 0 heterocycles. The fourth-order valence-corrected chi connectivity index (χ4v) is 3.65. The Morgan fingerprint density at radius 1 is 0.929 bits per heavy atom. The van der Waals surface area contributed by atoms with Crippen molar-refractivity contribution in [3.8, 4) is 0 Å². The van der Waals surface area contributed by atoms with Gasteiger partial charge in [0.25, 0.3) is 0 Å². The van der Waals surface area contributed by atoms with Gasteiger partial charge in [0.05, 0.1) is 5.71 Å². The second-order valence-corrected chi connectivity index (χ2v) is 9.36. The predicted octanol–water partition coefficient (Wildman–Crippen LogP) is 8.31. The molecule has 0 fully saturated rings. The molecule has 152 valence electrons. The molecule has 0 unspecified atom stereocenters. The maximum Gasteiger partial charge on any atom is 0.0640 e. The third-order valence-corrected chi connectivity index (χ3v) is 6.05. The Hall–Kier alpha value is -1.89. The number of hydrogen-bond acceptors (Lipinski definition) is 1. The van der Waals surface area contributed by atoms with Gasteiger partial charge in [-0.1, -0.05) is 87.3 Å². The average Bonchev–Trinajstić information content (AvgIpc) is 2.69. The largest absolute Gasteiger partial charge is 0.300 e. The van der Waals surface area contributed by atoms with E-state index in [1.165, 1.54) is 43.2 Å². The van der Waals surface area contributed by atoms with Crippen molar-refractivity contribution in [2.75, 3.05) is 0 Å². The van der Waals surface area contributed by atoms with E-state index in [0.29, 0.717) is 5.71 Å². The van der Waals surface area contributed by atoms with Gasteiger partial charge in [-0.15, -0.1) is 0 Å². The molecule has 1 N–H and O–H groups in total. The minimum Gasteiger partial charge on any atom is -0.300 e. The standard InChI is InChI=1S/C27H39N/c1-7-8-9-22-12-14-23(15-13-22)11-10-20(2)21(3)26(28)24-16-18-25(19-17-24)27(4,5)6/h12,14,16-19,28H,7-11,13,15H2,1-6H3/b21-20+,28-26?. The van der Waals surface area contributed by atoms with Crippen molar-refractivity contribution < 1.29 is 0 Å². The molecule has 0 saturated carbocycles. The zero-order valence-electron chi connectivity index (χ0n) is 18.9. The second kappa shape index (κ2) is 10.0. The van der Waals surface area contributed by atoms with Gasteiger partial charge in [-0.05, 0) is 74.5 Å². The first-order chi connectivity index (χ1) is 13.2. The number of rotatable bonds is 8. The average molecular weight is 378 g/mol. The third kappa shape index (κ3) is 6.33. The zero-order valence-corrected chi connectivity index (χ0v) is 18.9. The van der Waals surface area contributed by atoms with Gasteiger partial charge in [-0.25, -0.2) is 0 Å². The zero-order chi connectivity index (χ0) is 20.7.